The van der Waals surface area contributed by atoms with Crippen LogP contribution in [0.2, 0.25) is 0 Å². The standard InChI is InChI=1S/C25H36N2O3.C4H10O.CH2O2/c1-9-19-16(2)26-17(3)22(23(19)27-12-10-25(4,5)11-13-27)18-14-20(28-6)24(30-8)21(15-18)29-7;1-4(2,3)5;2-1-3/h14-15H,9-13H2,1-8H3;5H,1-3H3;1H,(H,2,3). The van der Waals surface area contributed by atoms with Crippen LogP contribution in [0.1, 0.15) is 71.3 Å². The Balaban J connectivity index is 0.000000794. The summed E-state index contributed by atoms with van der Waals surface area (Å²) in [5.41, 5.74) is 6.88. The molecular formula is C30H48N2O6. The third-order valence-corrected chi connectivity index (χ3v) is 6.40. The maximum absolute atomic E-state index is 8.52. The molecule has 0 radical (unpaired) electrons. The van der Waals surface area contributed by atoms with Crippen LogP contribution in [0.3, 0.4) is 0 Å². The number of ether oxygens (including phenoxy) is 3. The van der Waals surface area contributed by atoms with Crippen molar-refractivity contribution in [3.8, 4) is 28.4 Å². The van der Waals surface area contributed by atoms with Crippen molar-refractivity contribution in [2.45, 2.75) is 80.3 Å². The number of carbonyl (C=O) groups is 1. The van der Waals surface area contributed by atoms with Gasteiger partial charge in [0, 0.05) is 30.0 Å². The molecule has 0 atom stereocenters. The first kappa shape index (κ1) is 33.0. The largest absolute Gasteiger partial charge is 0.493 e. The number of benzene rings is 1. The van der Waals surface area contributed by atoms with Crippen LogP contribution in [0, 0.1) is 19.3 Å². The molecule has 1 aromatic heterocycles. The molecule has 1 fully saturated rings. The molecule has 0 saturated carbocycles. The van der Waals surface area contributed by atoms with Crippen molar-refractivity contribution in [3.05, 3.63) is 29.1 Å². The van der Waals surface area contributed by atoms with Gasteiger partial charge in [0.1, 0.15) is 0 Å². The zero-order valence-electron chi connectivity index (χ0n) is 25.2. The topological polar surface area (TPSA) is 101 Å². The second-order valence-corrected chi connectivity index (χ2v) is 11.2. The number of hydrogen-bond acceptors (Lipinski definition) is 7. The summed E-state index contributed by atoms with van der Waals surface area (Å²) >= 11 is 0. The Kier molecular flexibility index (Phi) is 12.4. The van der Waals surface area contributed by atoms with Crippen molar-refractivity contribution in [3.63, 3.8) is 0 Å². The van der Waals surface area contributed by atoms with E-state index in [1.54, 1.807) is 42.1 Å². The third-order valence-electron chi connectivity index (χ3n) is 6.40. The van der Waals surface area contributed by atoms with Crippen LogP contribution in [0.5, 0.6) is 17.2 Å². The summed E-state index contributed by atoms with van der Waals surface area (Å²) in [6.07, 6.45) is 3.32. The van der Waals surface area contributed by atoms with E-state index in [0.717, 1.165) is 42.0 Å². The molecular weight excluding hydrogens is 484 g/mol. The van der Waals surface area contributed by atoms with Crippen molar-refractivity contribution in [2.75, 3.05) is 39.3 Å². The van der Waals surface area contributed by atoms with Gasteiger partial charge in [-0.25, -0.2) is 0 Å². The first-order valence-corrected chi connectivity index (χ1v) is 13.0. The Bertz CT molecular complexity index is 1020. The van der Waals surface area contributed by atoms with Crippen molar-refractivity contribution >= 4 is 12.2 Å². The number of piperidine rings is 1. The monoisotopic (exact) mass is 532 g/mol. The van der Waals surface area contributed by atoms with Gasteiger partial charge in [0.25, 0.3) is 6.47 Å². The second kappa shape index (κ2) is 14.2. The number of pyridine rings is 1. The molecule has 38 heavy (non-hydrogen) atoms. The number of carboxylic acid groups (broad SMARTS) is 1. The van der Waals surface area contributed by atoms with E-state index in [4.69, 9.17) is 34.2 Å². The highest BCUT2D eigenvalue weighted by molar-refractivity contribution is 5.85. The molecule has 214 valence electrons. The average molecular weight is 533 g/mol. The fourth-order valence-electron chi connectivity index (χ4n) is 4.55. The van der Waals surface area contributed by atoms with Crippen molar-refractivity contribution in [1.82, 2.24) is 4.98 Å². The van der Waals surface area contributed by atoms with E-state index < -0.39 is 5.60 Å². The number of aromatic nitrogens is 1. The Morgan fingerprint density at radius 3 is 1.82 bits per heavy atom. The summed E-state index contributed by atoms with van der Waals surface area (Å²) in [5.74, 6) is 1.93. The Labute approximate surface area is 228 Å². The summed E-state index contributed by atoms with van der Waals surface area (Å²) in [7, 11) is 4.95. The van der Waals surface area contributed by atoms with Crippen LogP contribution in [-0.4, -0.2) is 61.7 Å². The smallest absolute Gasteiger partial charge is 0.290 e. The van der Waals surface area contributed by atoms with Crippen molar-refractivity contribution in [1.29, 1.82) is 0 Å². The SMILES string of the molecule is CC(C)(C)O.CCc1c(C)nc(C)c(-c2cc(OC)c(OC)c(OC)c2)c1N1CCC(C)(C)CC1.O=CO. The Hall–Kier alpha value is -3.00. The highest BCUT2D eigenvalue weighted by atomic mass is 16.5. The van der Waals surface area contributed by atoms with Gasteiger partial charge in [0.15, 0.2) is 11.5 Å². The highest BCUT2D eigenvalue weighted by Crippen LogP contribution is 2.46. The minimum Gasteiger partial charge on any atom is -0.493 e. The molecule has 0 aliphatic carbocycles. The number of rotatable bonds is 6. The Morgan fingerprint density at radius 1 is 1.00 bits per heavy atom. The average Bonchev–Trinajstić information content (AvgIpc) is 2.82. The molecule has 0 spiro atoms. The van der Waals surface area contributed by atoms with Gasteiger partial charge in [-0.3, -0.25) is 9.78 Å². The van der Waals surface area contributed by atoms with E-state index in [2.05, 4.69) is 39.5 Å². The molecule has 1 saturated heterocycles. The van der Waals surface area contributed by atoms with E-state index in [-0.39, 0.29) is 6.47 Å². The molecule has 0 unspecified atom stereocenters. The van der Waals surface area contributed by atoms with Crippen LogP contribution in [0.25, 0.3) is 11.1 Å². The number of anilines is 1. The van der Waals surface area contributed by atoms with Crippen LogP contribution in [0.4, 0.5) is 5.69 Å². The van der Waals surface area contributed by atoms with E-state index >= 15 is 0 Å². The minimum atomic E-state index is -0.500. The molecule has 1 aliphatic heterocycles. The number of aliphatic hydroxyl groups is 1. The van der Waals surface area contributed by atoms with Gasteiger partial charge >= 0.3 is 0 Å². The van der Waals surface area contributed by atoms with Crippen molar-refractivity contribution < 1.29 is 29.2 Å². The minimum absolute atomic E-state index is 0.250. The van der Waals surface area contributed by atoms with Crippen LogP contribution >= 0.6 is 0 Å². The predicted octanol–water partition coefficient (Wildman–Crippen LogP) is 6.06. The van der Waals surface area contributed by atoms with E-state index in [9.17, 15) is 0 Å². The summed E-state index contributed by atoms with van der Waals surface area (Å²) in [5, 5.41) is 15.4. The lowest BCUT2D eigenvalue weighted by molar-refractivity contribution is -0.122. The highest BCUT2D eigenvalue weighted by Gasteiger charge is 2.30. The molecule has 1 aliphatic rings. The van der Waals surface area contributed by atoms with E-state index in [0.29, 0.717) is 22.7 Å². The normalized spacial score (nSPS) is 14.4. The zero-order valence-corrected chi connectivity index (χ0v) is 25.2. The molecule has 2 aromatic rings. The summed E-state index contributed by atoms with van der Waals surface area (Å²) < 4.78 is 16.8. The number of nitrogens with zero attached hydrogens (tertiary/aromatic N) is 2. The first-order valence-electron chi connectivity index (χ1n) is 13.0. The second-order valence-electron chi connectivity index (χ2n) is 11.2. The number of methoxy groups -OCH3 is 3. The van der Waals surface area contributed by atoms with Gasteiger partial charge in [-0.15, -0.1) is 0 Å². The fraction of sp³-hybridized carbons (Fsp3) is 0.600. The van der Waals surface area contributed by atoms with E-state index in [1.807, 2.05) is 12.1 Å². The van der Waals surface area contributed by atoms with Crippen LogP contribution < -0.4 is 19.1 Å². The lowest BCUT2D eigenvalue weighted by Crippen LogP contribution is -2.38. The maximum Gasteiger partial charge on any atom is 0.290 e. The van der Waals surface area contributed by atoms with E-state index in [1.165, 1.54) is 24.1 Å². The molecule has 0 amide bonds. The van der Waals surface area contributed by atoms with Gasteiger partial charge in [0.05, 0.1) is 32.6 Å². The van der Waals surface area contributed by atoms with Gasteiger partial charge < -0.3 is 29.3 Å². The number of aryl methyl sites for hydroxylation is 2. The number of hydrogen-bond donors (Lipinski definition) is 2. The summed E-state index contributed by atoms with van der Waals surface area (Å²) in [6, 6.07) is 4.08. The molecule has 3 rings (SSSR count). The Morgan fingerprint density at radius 2 is 1.45 bits per heavy atom. The van der Waals surface area contributed by atoms with Gasteiger partial charge in [-0.2, -0.15) is 0 Å². The van der Waals surface area contributed by atoms with Gasteiger partial charge in [-0.1, -0.05) is 20.8 Å². The molecule has 0 bridgehead atoms. The fourth-order valence-corrected chi connectivity index (χ4v) is 4.55. The van der Waals surface area contributed by atoms with Gasteiger partial charge in [0.2, 0.25) is 5.75 Å². The zero-order chi connectivity index (χ0) is 29.3. The lowest BCUT2D eigenvalue weighted by Gasteiger charge is -2.40. The molecule has 2 heterocycles. The lowest BCUT2D eigenvalue weighted by atomic mass is 9.82. The molecule has 2 N–H and O–H groups in total. The van der Waals surface area contributed by atoms with Crippen LogP contribution in [0.15, 0.2) is 12.1 Å². The third kappa shape index (κ3) is 9.08. The van der Waals surface area contributed by atoms with Crippen molar-refractivity contribution in [2.24, 2.45) is 5.41 Å². The molecule has 1 aromatic carbocycles. The molecule has 8 nitrogen and oxygen atoms in total. The maximum atomic E-state index is 8.52. The first-order chi connectivity index (χ1) is 17.7. The quantitative estimate of drug-likeness (QED) is 0.433. The summed E-state index contributed by atoms with van der Waals surface area (Å²) in [6.45, 7) is 18.3. The van der Waals surface area contributed by atoms with Crippen LogP contribution in [-0.2, 0) is 11.2 Å². The van der Waals surface area contributed by atoms with Gasteiger partial charge in [-0.05, 0) is 82.6 Å². The summed E-state index contributed by atoms with van der Waals surface area (Å²) in [4.78, 5) is 15.8. The predicted molar refractivity (Wildman–Crippen MR) is 154 cm³/mol. The molecule has 8 heteroatoms.